The average Bonchev–Trinajstić information content (AvgIpc) is 2.25. The molecule has 0 aliphatic heterocycles. The molecule has 0 aliphatic rings. The van der Waals surface area contributed by atoms with E-state index >= 15 is 0 Å². The van der Waals surface area contributed by atoms with E-state index < -0.39 is 0 Å². The summed E-state index contributed by atoms with van der Waals surface area (Å²) in [5.41, 5.74) is 5.87. The lowest BCUT2D eigenvalue weighted by Crippen LogP contribution is -2.28. The van der Waals surface area contributed by atoms with Crippen LogP contribution in [-0.2, 0) is 0 Å². The molecule has 0 bridgehead atoms. The summed E-state index contributed by atoms with van der Waals surface area (Å²) in [4.78, 5) is 11.5. The molecule has 82 valence electrons. The van der Waals surface area contributed by atoms with Gasteiger partial charge < -0.3 is 15.8 Å². The van der Waals surface area contributed by atoms with Crippen LogP contribution in [0.15, 0.2) is 22.7 Å². The normalized spacial score (nSPS) is 9.80. The number of nitrogens with one attached hydrogen (secondary N) is 1. The molecule has 1 aromatic carbocycles. The molecule has 0 saturated carbocycles. The number of hydrogen-bond acceptors (Lipinski definition) is 3. The van der Waals surface area contributed by atoms with E-state index in [4.69, 9.17) is 10.5 Å². The Morgan fingerprint density at radius 3 is 2.87 bits per heavy atom. The first-order valence-corrected chi connectivity index (χ1v) is 5.30. The second kappa shape index (κ2) is 5.72. The maximum absolute atomic E-state index is 11.5. The molecule has 1 rings (SSSR count). The molecule has 1 amide bonds. The molecule has 3 N–H and O–H groups in total. The summed E-state index contributed by atoms with van der Waals surface area (Å²) in [6, 6.07) is 5.15. The van der Waals surface area contributed by atoms with Crippen molar-refractivity contribution in [3.05, 3.63) is 28.2 Å². The Balaban J connectivity index is 2.78. The standard InChI is InChI=1S/C10H13BrN2O2/c1-15-9-3-2-7(6-8(9)11)10(14)13-5-4-12/h2-3,6H,4-5,12H2,1H3,(H,13,14). The molecule has 4 nitrogen and oxygen atoms in total. The average molecular weight is 273 g/mol. The predicted molar refractivity (Wildman–Crippen MR) is 62.1 cm³/mol. The third-order valence-corrected chi connectivity index (χ3v) is 2.46. The highest BCUT2D eigenvalue weighted by molar-refractivity contribution is 9.10. The quantitative estimate of drug-likeness (QED) is 0.864. The van der Waals surface area contributed by atoms with Crippen molar-refractivity contribution in [1.82, 2.24) is 5.32 Å². The lowest BCUT2D eigenvalue weighted by atomic mass is 10.2. The van der Waals surface area contributed by atoms with Crippen LogP contribution < -0.4 is 15.8 Å². The number of methoxy groups -OCH3 is 1. The third-order valence-electron chi connectivity index (χ3n) is 1.84. The first-order chi connectivity index (χ1) is 7.19. The summed E-state index contributed by atoms with van der Waals surface area (Å²) in [6.07, 6.45) is 0. The molecule has 0 spiro atoms. The number of rotatable bonds is 4. The van der Waals surface area contributed by atoms with E-state index in [1.807, 2.05) is 0 Å². The van der Waals surface area contributed by atoms with Gasteiger partial charge in [-0.1, -0.05) is 0 Å². The summed E-state index contributed by atoms with van der Waals surface area (Å²) in [7, 11) is 1.58. The van der Waals surface area contributed by atoms with Crippen molar-refractivity contribution in [2.75, 3.05) is 20.2 Å². The molecular formula is C10H13BrN2O2. The fraction of sp³-hybridized carbons (Fsp3) is 0.300. The van der Waals surface area contributed by atoms with Gasteiger partial charge >= 0.3 is 0 Å². The Morgan fingerprint density at radius 1 is 1.60 bits per heavy atom. The number of ether oxygens (including phenoxy) is 1. The first-order valence-electron chi connectivity index (χ1n) is 4.51. The second-order valence-corrected chi connectivity index (χ2v) is 3.75. The Bertz CT molecular complexity index is 355. The molecule has 0 aliphatic carbocycles. The maximum Gasteiger partial charge on any atom is 0.251 e. The summed E-state index contributed by atoms with van der Waals surface area (Å²) >= 11 is 3.31. The highest BCUT2D eigenvalue weighted by Crippen LogP contribution is 2.25. The van der Waals surface area contributed by atoms with E-state index in [0.29, 0.717) is 24.4 Å². The minimum absolute atomic E-state index is 0.135. The van der Waals surface area contributed by atoms with Gasteiger partial charge in [-0.3, -0.25) is 4.79 Å². The Labute approximate surface area is 96.9 Å². The van der Waals surface area contributed by atoms with Crippen LogP contribution in [0.5, 0.6) is 5.75 Å². The molecule has 0 saturated heterocycles. The van der Waals surface area contributed by atoms with Crippen molar-refractivity contribution in [2.24, 2.45) is 5.73 Å². The van der Waals surface area contributed by atoms with Gasteiger partial charge in [-0.2, -0.15) is 0 Å². The molecule has 15 heavy (non-hydrogen) atoms. The molecule has 1 aromatic rings. The fourth-order valence-corrected chi connectivity index (χ4v) is 1.64. The van der Waals surface area contributed by atoms with Gasteiger partial charge in [0.05, 0.1) is 11.6 Å². The topological polar surface area (TPSA) is 64.3 Å². The Kier molecular flexibility index (Phi) is 4.58. The Hall–Kier alpha value is -1.07. The fourth-order valence-electron chi connectivity index (χ4n) is 1.10. The number of carbonyl (C=O) groups excluding carboxylic acids is 1. The van der Waals surface area contributed by atoms with Crippen molar-refractivity contribution in [3.63, 3.8) is 0 Å². The second-order valence-electron chi connectivity index (χ2n) is 2.89. The van der Waals surface area contributed by atoms with Gasteiger partial charge in [-0.25, -0.2) is 0 Å². The summed E-state index contributed by atoms with van der Waals surface area (Å²) < 4.78 is 5.82. The lowest BCUT2D eigenvalue weighted by molar-refractivity contribution is 0.0954. The number of benzene rings is 1. The van der Waals surface area contributed by atoms with Crippen LogP contribution in [-0.4, -0.2) is 26.1 Å². The van der Waals surface area contributed by atoms with Crippen molar-refractivity contribution in [2.45, 2.75) is 0 Å². The molecule has 0 heterocycles. The first kappa shape index (κ1) is 12.0. The molecule has 0 radical (unpaired) electrons. The van der Waals surface area contributed by atoms with Crippen molar-refractivity contribution >= 4 is 21.8 Å². The number of nitrogens with two attached hydrogens (primary N) is 1. The highest BCUT2D eigenvalue weighted by Gasteiger charge is 2.07. The van der Waals surface area contributed by atoms with Crippen LogP contribution in [0.4, 0.5) is 0 Å². The third kappa shape index (κ3) is 3.21. The minimum atomic E-state index is -0.135. The smallest absolute Gasteiger partial charge is 0.251 e. The van der Waals surface area contributed by atoms with E-state index in [2.05, 4.69) is 21.2 Å². The van der Waals surface area contributed by atoms with Gasteiger partial charge in [0.25, 0.3) is 5.91 Å². The molecule has 5 heteroatoms. The summed E-state index contributed by atoms with van der Waals surface area (Å²) in [6.45, 7) is 0.908. The highest BCUT2D eigenvalue weighted by atomic mass is 79.9. The van der Waals surface area contributed by atoms with Gasteiger partial charge in [0.1, 0.15) is 5.75 Å². The monoisotopic (exact) mass is 272 g/mol. The summed E-state index contributed by atoms with van der Waals surface area (Å²) in [5.74, 6) is 0.564. The van der Waals surface area contributed by atoms with Crippen molar-refractivity contribution < 1.29 is 9.53 Å². The zero-order valence-electron chi connectivity index (χ0n) is 8.42. The number of carbonyl (C=O) groups is 1. The molecule has 0 fully saturated rings. The number of hydrogen-bond donors (Lipinski definition) is 2. The molecule has 0 atom stereocenters. The van der Waals surface area contributed by atoms with Crippen LogP contribution in [0.25, 0.3) is 0 Å². The van der Waals surface area contributed by atoms with Crippen LogP contribution >= 0.6 is 15.9 Å². The SMILES string of the molecule is COc1ccc(C(=O)NCCN)cc1Br. The summed E-state index contributed by atoms with van der Waals surface area (Å²) in [5, 5.41) is 2.69. The van der Waals surface area contributed by atoms with Gasteiger partial charge in [-0.05, 0) is 34.1 Å². The van der Waals surface area contributed by atoms with Crippen molar-refractivity contribution in [3.8, 4) is 5.75 Å². The van der Waals surface area contributed by atoms with Crippen LogP contribution in [0.2, 0.25) is 0 Å². The van der Waals surface area contributed by atoms with Gasteiger partial charge in [0.2, 0.25) is 0 Å². The van der Waals surface area contributed by atoms with Gasteiger partial charge in [0.15, 0.2) is 0 Å². The van der Waals surface area contributed by atoms with Gasteiger partial charge in [0, 0.05) is 18.7 Å². The molecule has 0 unspecified atom stereocenters. The lowest BCUT2D eigenvalue weighted by Gasteiger charge is -2.06. The van der Waals surface area contributed by atoms with E-state index in [0.717, 1.165) is 4.47 Å². The maximum atomic E-state index is 11.5. The zero-order valence-corrected chi connectivity index (χ0v) is 10.0. The predicted octanol–water partition coefficient (Wildman–Crippen LogP) is 1.15. The zero-order chi connectivity index (χ0) is 11.3. The Morgan fingerprint density at radius 2 is 2.33 bits per heavy atom. The van der Waals surface area contributed by atoms with E-state index in [1.54, 1.807) is 25.3 Å². The largest absolute Gasteiger partial charge is 0.496 e. The van der Waals surface area contributed by atoms with Crippen LogP contribution in [0, 0.1) is 0 Å². The number of amides is 1. The van der Waals surface area contributed by atoms with E-state index in [1.165, 1.54) is 0 Å². The molecular weight excluding hydrogens is 260 g/mol. The van der Waals surface area contributed by atoms with E-state index in [9.17, 15) is 4.79 Å². The number of halogens is 1. The van der Waals surface area contributed by atoms with Crippen molar-refractivity contribution in [1.29, 1.82) is 0 Å². The van der Waals surface area contributed by atoms with Crippen LogP contribution in [0.1, 0.15) is 10.4 Å². The van der Waals surface area contributed by atoms with Crippen LogP contribution in [0.3, 0.4) is 0 Å². The van der Waals surface area contributed by atoms with E-state index in [-0.39, 0.29) is 5.91 Å². The molecule has 0 aromatic heterocycles. The minimum Gasteiger partial charge on any atom is -0.496 e. The van der Waals surface area contributed by atoms with Gasteiger partial charge in [-0.15, -0.1) is 0 Å².